The number of nitrogens with one attached hydrogen (secondary N) is 1. The Morgan fingerprint density at radius 1 is 1.30 bits per heavy atom. The van der Waals surface area contributed by atoms with Gasteiger partial charge >= 0.3 is 0 Å². The first kappa shape index (κ1) is 14.9. The van der Waals surface area contributed by atoms with Crippen LogP contribution in [0.3, 0.4) is 0 Å². The highest BCUT2D eigenvalue weighted by Crippen LogP contribution is 2.33. The molecule has 0 atom stereocenters. The maximum Gasteiger partial charge on any atom is 0.231 e. The third-order valence-corrected chi connectivity index (χ3v) is 2.91. The second kappa shape index (κ2) is 5.12. The Morgan fingerprint density at radius 3 is 2.45 bits per heavy atom. The average Bonchev–Trinajstić information content (AvgIpc) is 3.01. The molecule has 0 bridgehead atoms. The minimum atomic E-state index is -3.42. The number of pyridine rings is 1. The van der Waals surface area contributed by atoms with E-state index in [1.165, 1.54) is 0 Å². The van der Waals surface area contributed by atoms with E-state index in [-0.39, 0.29) is 11.9 Å². The van der Waals surface area contributed by atoms with Crippen molar-refractivity contribution in [2.24, 2.45) is 0 Å². The molecule has 0 aliphatic heterocycles. The quantitative estimate of drug-likeness (QED) is 0.901. The minimum absolute atomic E-state index is 0.159. The largest absolute Gasteiger partial charge is 0.487 e. The van der Waals surface area contributed by atoms with E-state index in [1.807, 2.05) is 20.8 Å². The lowest BCUT2D eigenvalue weighted by Gasteiger charge is -2.21. The van der Waals surface area contributed by atoms with Crippen LogP contribution >= 0.6 is 0 Å². The summed E-state index contributed by atoms with van der Waals surface area (Å²) in [6.07, 6.45) is 3.20. The Labute approximate surface area is 119 Å². The molecule has 1 aliphatic rings. The van der Waals surface area contributed by atoms with E-state index in [9.17, 15) is 8.42 Å². The number of hydrogen-bond donors (Lipinski definition) is 1. The molecule has 0 amide bonds. The van der Waals surface area contributed by atoms with Crippen LogP contribution in [-0.2, 0) is 10.0 Å². The molecule has 1 saturated carbocycles. The van der Waals surface area contributed by atoms with Crippen LogP contribution in [0.1, 0.15) is 33.6 Å². The molecular formula is C13H20N2O4S. The molecule has 1 aromatic rings. The predicted molar refractivity (Wildman–Crippen MR) is 76.7 cm³/mol. The van der Waals surface area contributed by atoms with E-state index < -0.39 is 15.6 Å². The van der Waals surface area contributed by atoms with Crippen LogP contribution < -0.4 is 14.2 Å². The van der Waals surface area contributed by atoms with Crippen molar-refractivity contribution < 1.29 is 17.9 Å². The molecule has 0 aromatic carbocycles. The summed E-state index contributed by atoms with van der Waals surface area (Å²) >= 11 is 0. The molecule has 1 aromatic heterocycles. The van der Waals surface area contributed by atoms with Gasteiger partial charge in [-0.2, -0.15) is 4.98 Å². The van der Waals surface area contributed by atoms with Gasteiger partial charge in [0.05, 0.1) is 12.4 Å². The summed E-state index contributed by atoms with van der Waals surface area (Å²) in [6, 6.07) is 3.36. The van der Waals surface area contributed by atoms with E-state index in [0.29, 0.717) is 11.6 Å². The molecule has 1 aliphatic carbocycles. The Bertz CT molecular complexity index is 589. The molecular weight excluding hydrogens is 280 g/mol. The molecule has 1 heterocycles. The Balaban J connectivity index is 2.27. The van der Waals surface area contributed by atoms with Crippen molar-refractivity contribution in [2.45, 2.75) is 45.3 Å². The third kappa shape index (κ3) is 4.88. The first-order valence-electron chi connectivity index (χ1n) is 6.47. The smallest absolute Gasteiger partial charge is 0.231 e. The van der Waals surface area contributed by atoms with Gasteiger partial charge in [0.25, 0.3) is 0 Å². The minimum Gasteiger partial charge on any atom is -0.487 e. The number of sulfonamides is 1. The zero-order chi connectivity index (χ0) is 15.0. The molecule has 112 valence electrons. The lowest BCUT2D eigenvalue weighted by Crippen LogP contribution is -2.24. The first-order chi connectivity index (χ1) is 9.12. The molecule has 20 heavy (non-hydrogen) atoms. The van der Waals surface area contributed by atoms with Gasteiger partial charge < -0.3 is 9.47 Å². The van der Waals surface area contributed by atoms with Crippen LogP contribution in [0.25, 0.3) is 0 Å². The van der Waals surface area contributed by atoms with E-state index in [1.54, 1.807) is 12.1 Å². The van der Waals surface area contributed by atoms with Gasteiger partial charge in [0.15, 0.2) is 11.6 Å². The van der Waals surface area contributed by atoms with Crippen molar-refractivity contribution in [1.82, 2.24) is 4.98 Å². The van der Waals surface area contributed by atoms with Crippen LogP contribution in [0.4, 0.5) is 5.82 Å². The number of hydrogen-bond acceptors (Lipinski definition) is 5. The van der Waals surface area contributed by atoms with Crippen LogP contribution in [0.2, 0.25) is 0 Å². The molecule has 0 saturated heterocycles. The second-order valence-corrected chi connectivity index (χ2v) is 7.65. The lowest BCUT2D eigenvalue weighted by atomic mass is 10.2. The molecule has 6 nitrogen and oxygen atoms in total. The summed E-state index contributed by atoms with van der Waals surface area (Å²) in [7, 11) is -3.42. The number of ether oxygens (including phenoxy) is 2. The molecule has 0 radical (unpaired) electrons. The molecule has 0 unspecified atom stereocenters. The van der Waals surface area contributed by atoms with Gasteiger partial charge in [-0.1, -0.05) is 0 Å². The zero-order valence-corrected chi connectivity index (χ0v) is 13.0. The molecule has 7 heteroatoms. The normalized spacial score (nSPS) is 15.8. The van der Waals surface area contributed by atoms with Gasteiger partial charge in [0, 0.05) is 6.07 Å². The van der Waals surface area contributed by atoms with Gasteiger partial charge in [0.1, 0.15) is 5.60 Å². The van der Waals surface area contributed by atoms with Crippen molar-refractivity contribution in [3.05, 3.63) is 12.1 Å². The van der Waals surface area contributed by atoms with Crippen molar-refractivity contribution in [1.29, 1.82) is 0 Å². The SMILES string of the molecule is CC(C)(C)Oc1ccc(OC2CC2)c(NS(C)(=O)=O)n1. The van der Waals surface area contributed by atoms with Gasteiger partial charge in [-0.25, -0.2) is 8.42 Å². The monoisotopic (exact) mass is 300 g/mol. The Kier molecular flexibility index (Phi) is 3.82. The zero-order valence-electron chi connectivity index (χ0n) is 12.1. The fraction of sp³-hybridized carbons (Fsp3) is 0.615. The van der Waals surface area contributed by atoms with Crippen molar-refractivity contribution >= 4 is 15.8 Å². The van der Waals surface area contributed by atoms with Crippen LogP contribution in [0, 0.1) is 0 Å². The first-order valence-corrected chi connectivity index (χ1v) is 8.36. The van der Waals surface area contributed by atoms with E-state index in [0.717, 1.165) is 19.1 Å². The molecule has 0 spiro atoms. The van der Waals surface area contributed by atoms with Crippen LogP contribution in [-0.4, -0.2) is 31.4 Å². The van der Waals surface area contributed by atoms with Gasteiger partial charge in [-0.15, -0.1) is 0 Å². The summed E-state index contributed by atoms with van der Waals surface area (Å²) in [5, 5.41) is 0. The topological polar surface area (TPSA) is 77.5 Å². The highest BCUT2D eigenvalue weighted by Gasteiger charge is 2.26. The summed E-state index contributed by atoms with van der Waals surface area (Å²) in [6.45, 7) is 5.69. The van der Waals surface area contributed by atoms with Crippen molar-refractivity contribution in [2.75, 3.05) is 11.0 Å². The molecule has 1 N–H and O–H groups in total. The lowest BCUT2D eigenvalue weighted by molar-refractivity contribution is 0.124. The van der Waals surface area contributed by atoms with Gasteiger partial charge in [-0.05, 0) is 39.7 Å². The number of rotatable bonds is 5. The van der Waals surface area contributed by atoms with E-state index >= 15 is 0 Å². The molecule has 2 rings (SSSR count). The summed E-state index contributed by atoms with van der Waals surface area (Å²) < 4.78 is 36.4. The standard InChI is InChI=1S/C13H20N2O4S/c1-13(2,3)19-11-8-7-10(18-9-5-6-9)12(14-11)15-20(4,16)17/h7-9H,5-6H2,1-4H3,(H,14,15). The summed E-state index contributed by atoms with van der Waals surface area (Å²) in [5.41, 5.74) is -0.409. The van der Waals surface area contributed by atoms with Gasteiger partial charge in [0.2, 0.25) is 15.9 Å². The number of anilines is 1. The van der Waals surface area contributed by atoms with E-state index in [2.05, 4.69) is 9.71 Å². The highest BCUT2D eigenvalue weighted by atomic mass is 32.2. The predicted octanol–water partition coefficient (Wildman–Crippen LogP) is 2.17. The summed E-state index contributed by atoms with van der Waals surface area (Å²) in [4.78, 5) is 4.19. The van der Waals surface area contributed by atoms with Crippen LogP contribution in [0.15, 0.2) is 12.1 Å². The maximum absolute atomic E-state index is 11.4. The second-order valence-electron chi connectivity index (χ2n) is 5.90. The van der Waals surface area contributed by atoms with E-state index in [4.69, 9.17) is 9.47 Å². The highest BCUT2D eigenvalue weighted by molar-refractivity contribution is 7.92. The molecule has 1 fully saturated rings. The number of aromatic nitrogens is 1. The fourth-order valence-corrected chi connectivity index (χ4v) is 2.01. The van der Waals surface area contributed by atoms with Crippen molar-refractivity contribution in [3.8, 4) is 11.6 Å². The number of nitrogens with zero attached hydrogens (tertiary/aromatic N) is 1. The van der Waals surface area contributed by atoms with Crippen LogP contribution in [0.5, 0.6) is 11.6 Å². The van der Waals surface area contributed by atoms with Gasteiger partial charge in [-0.3, -0.25) is 4.72 Å². The third-order valence-electron chi connectivity index (χ3n) is 2.34. The Hall–Kier alpha value is -1.50. The summed E-state index contributed by atoms with van der Waals surface area (Å²) in [5.74, 6) is 0.951. The van der Waals surface area contributed by atoms with Crippen molar-refractivity contribution in [3.63, 3.8) is 0 Å². The fourth-order valence-electron chi connectivity index (χ4n) is 1.51. The maximum atomic E-state index is 11.4. The Morgan fingerprint density at radius 2 is 1.95 bits per heavy atom. The average molecular weight is 300 g/mol.